The average molecular weight is 262 g/mol. The Bertz CT molecular complexity index is 545. The van der Waals surface area contributed by atoms with Crippen molar-refractivity contribution in [2.45, 2.75) is 19.4 Å². The fourth-order valence-corrected chi connectivity index (χ4v) is 2.88. The normalized spacial score (nSPS) is 20.8. The Labute approximate surface area is 96.8 Å². The van der Waals surface area contributed by atoms with Crippen LogP contribution in [0.4, 0.5) is 0 Å². The maximum Gasteiger partial charge on any atom is 0.324 e. The molecule has 0 N–H and O–H groups in total. The van der Waals surface area contributed by atoms with Gasteiger partial charge in [-0.15, -0.1) is 0 Å². The van der Waals surface area contributed by atoms with E-state index in [1.165, 1.54) is 6.20 Å². The maximum atomic E-state index is 11.2. The first-order chi connectivity index (χ1) is 7.39. The van der Waals surface area contributed by atoms with Crippen LogP contribution in [0, 0.1) is 6.92 Å². The monoisotopic (exact) mass is 261 g/mol. The number of halogens is 1. The number of hydrogen-bond acceptors (Lipinski definition) is 5. The van der Waals surface area contributed by atoms with Gasteiger partial charge in [0.25, 0.3) is 0 Å². The highest BCUT2D eigenvalue weighted by Crippen LogP contribution is 2.36. The Hall–Kier alpha value is -1.21. The largest absolute Gasteiger partial charge is 0.324 e. The standard InChI is InChI=1S/C8H8ClN3O3S/c1-5-10-3-2-6(11-5)7-4-8(13)12(7)16(9,14)15/h2-3,7H,4H2,1H3. The van der Waals surface area contributed by atoms with Crippen molar-refractivity contribution >= 4 is 25.8 Å². The number of aryl methyl sites for hydroxylation is 1. The van der Waals surface area contributed by atoms with E-state index in [-0.39, 0.29) is 6.42 Å². The van der Waals surface area contributed by atoms with Crippen LogP contribution in [0.5, 0.6) is 0 Å². The van der Waals surface area contributed by atoms with Crippen LogP contribution in [-0.2, 0) is 14.0 Å². The molecule has 8 heteroatoms. The summed E-state index contributed by atoms with van der Waals surface area (Å²) in [6, 6.07) is 0.968. The van der Waals surface area contributed by atoms with E-state index in [0.29, 0.717) is 15.8 Å². The predicted molar refractivity (Wildman–Crippen MR) is 55.7 cm³/mol. The molecule has 2 heterocycles. The topological polar surface area (TPSA) is 80.2 Å². The number of aromatic nitrogens is 2. The molecule has 0 aliphatic carbocycles. The van der Waals surface area contributed by atoms with Crippen LogP contribution in [0.1, 0.15) is 24.0 Å². The highest BCUT2D eigenvalue weighted by Gasteiger charge is 2.45. The molecule has 0 aromatic carbocycles. The summed E-state index contributed by atoms with van der Waals surface area (Å²) in [6.45, 7) is 1.68. The van der Waals surface area contributed by atoms with Gasteiger partial charge in [-0.2, -0.15) is 8.42 Å². The maximum absolute atomic E-state index is 11.2. The first-order valence-electron chi connectivity index (χ1n) is 4.46. The van der Waals surface area contributed by atoms with Gasteiger partial charge in [-0.3, -0.25) is 4.79 Å². The summed E-state index contributed by atoms with van der Waals surface area (Å²) in [5.41, 5.74) is 0.483. The summed E-state index contributed by atoms with van der Waals surface area (Å²) in [4.78, 5) is 19.1. The highest BCUT2D eigenvalue weighted by atomic mass is 35.7. The van der Waals surface area contributed by atoms with E-state index >= 15 is 0 Å². The predicted octanol–water partition coefficient (Wildman–Crippen LogP) is 0.542. The molecule has 16 heavy (non-hydrogen) atoms. The number of rotatable bonds is 2. The van der Waals surface area contributed by atoms with Crippen LogP contribution in [0.25, 0.3) is 0 Å². The summed E-state index contributed by atoms with van der Waals surface area (Å²) < 4.78 is 22.9. The van der Waals surface area contributed by atoms with Crippen molar-refractivity contribution in [2.75, 3.05) is 0 Å². The first kappa shape index (κ1) is 11.3. The molecule has 86 valence electrons. The lowest BCUT2D eigenvalue weighted by Crippen LogP contribution is -2.48. The molecule has 1 saturated heterocycles. The third-order valence-electron chi connectivity index (χ3n) is 2.27. The Morgan fingerprint density at radius 1 is 1.56 bits per heavy atom. The summed E-state index contributed by atoms with van der Waals surface area (Å²) >= 11 is 0. The van der Waals surface area contributed by atoms with Gasteiger partial charge < -0.3 is 0 Å². The van der Waals surface area contributed by atoms with E-state index in [9.17, 15) is 13.2 Å². The van der Waals surface area contributed by atoms with E-state index < -0.39 is 21.2 Å². The molecule has 0 bridgehead atoms. The molecule has 1 aliphatic rings. The van der Waals surface area contributed by atoms with Crippen LogP contribution in [-0.4, -0.2) is 28.6 Å². The van der Waals surface area contributed by atoms with Gasteiger partial charge >= 0.3 is 9.24 Å². The first-order valence-corrected chi connectivity index (χ1v) is 6.72. The lowest BCUT2D eigenvalue weighted by atomic mass is 10.0. The third kappa shape index (κ3) is 1.88. The molecule has 1 unspecified atom stereocenters. The number of β-lactam (4-membered cyclic amide) rings is 1. The number of carbonyl (C=O) groups excluding carboxylic acids is 1. The van der Waals surface area contributed by atoms with Crippen LogP contribution >= 0.6 is 10.7 Å². The van der Waals surface area contributed by atoms with Crippen molar-refractivity contribution in [3.8, 4) is 0 Å². The fourth-order valence-electron chi connectivity index (χ4n) is 1.56. The summed E-state index contributed by atoms with van der Waals surface area (Å²) in [5.74, 6) is 0.0000321. The van der Waals surface area contributed by atoms with E-state index in [1.807, 2.05) is 0 Å². The minimum Gasteiger partial charge on any atom is -0.274 e. The molecule has 6 nitrogen and oxygen atoms in total. The molecule has 1 amide bonds. The molecule has 1 atom stereocenters. The third-order valence-corrected chi connectivity index (χ3v) is 3.64. The number of hydrogen-bond donors (Lipinski definition) is 0. The minimum absolute atomic E-state index is 0.0996. The van der Waals surface area contributed by atoms with E-state index in [4.69, 9.17) is 10.7 Å². The zero-order valence-electron chi connectivity index (χ0n) is 8.29. The fraction of sp³-hybridized carbons (Fsp3) is 0.375. The van der Waals surface area contributed by atoms with Gasteiger partial charge in [0.05, 0.1) is 12.1 Å². The lowest BCUT2D eigenvalue weighted by molar-refractivity contribution is -0.137. The van der Waals surface area contributed by atoms with Crippen LogP contribution < -0.4 is 0 Å². The average Bonchev–Trinajstić information content (AvgIpc) is 2.11. The minimum atomic E-state index is -4.03. The van der Waals surface area contributed by atoms with Crippen LogP contribution in [0.15, 0.2) is 12.3 Å². The Morgan fingerprint density at radius 3 is 2.75 bits per heavy atom. The smallest absolute Gasteiger partial charge is 0.274 e. The van der Waals surface area contributed by atoms with Crippen molar-refractivity contribution in [1.82, 2.24) is 14.3 Å². The Morgan fingerprint density at radius 2 is 2.25 bits per heavy atom. The van der Waals surface area contributed by atoms with Gasteiger partial charge in [-0.05, 0) is 13.0 Å². The van der Waals surface area contributed by atoms with E-state index in [2.05, 4.69) is 9.97 Å². The molecule has 0 radical (unpaired) electrons. The molecular weight excluding hydrogens is 254 g/mol. The van der Waals surface area contributed by atoms with Gasteiger partial charge in [0.1, 0.15) is 11.9 Å². The lowest BCUT2D eigenvalue weighted by Gasteiger charge is -2.36. The molecule has 1 aliphatic heterocycles. The second-order valence-electron chi connectivity index (χ2n) is 3.38. The molecular formula is C8H8ClN3O3S. The molecule has 1 aromatic rings. The van der Waals surface area contributed by atoms with Crippen LogP contribution in [0.3, 0.4) is 0 Å². The number of carbonyl (C=O) groups is 1. The van der Waals surface area contributed by atoms with Gasteiger partial charge in [-0.1, -0.05) is 0 Å². The highest BCUT2D eigenvalue weighted by molar-refractivity contribution is 8.12. The SMILES string of the molecule is Cc1nccc(C2CC(=O)N2S(=O)(=O)Cl)n1. The Balaban J connectivity index is 2.34. The summed E-state index contributed by atoms with van der Waals surface area (Å²) in [7, 11) is 1.12. The second-order valence-corrected chi connectivity index (χ2v) is 5.77. The van der Waals surface area contributed by atoms with Gasteiger partial charge in [0, 0.05) is 16.9 Å². The van der Waals surface area contributed by atoms with Gasteiger partial charge in [0.15, 0.2) is 0 Å². The zero-order chi connectivity index (χ0) is 11.9. The van der Waals surface area contributed by atoms with E-state index in [1.54, 1.807) is 13.0 Å². The number of nitrogens with zero attached hydrogens (tertiary/aromatic N) is 3. The summed E-state index contributed by atoms with van der Waals surface area (Å²) in [6.07, 6.45) is 1.61. The van der Waals surface area contributed by atoms with E-state index in [0.717, 1.165) is 0 Å². The van der Waals surface area contributed by atoms with Crippen molar-refractivity contribution in [3.05, 3.63) is 23.8 Å². The molecule has 2 rings (SSSR count). The van der Waals surface area contributed by atoms with Gasteiger partial charge in [-0.25, -0.2) is 14.3 Å². The summed E-state index contributed by atoms with van der Waals surface area (Å²) in [5, 5.41) is 0. The Kier molecular flexibility index (Phi) is 2.59. The zero-order valence-corrected chi connectivity index (χ0v) is 9.86. The van der Waals surface area contributed by atoms with Gasteiger partial charge in [0.2, 0.25) is 5.91 Å². The second kappa shape index (κ2) is 3.67. The van der Waals surface area contributed by atoms with Crippen LogP contribution in [0.2, 0.25) is 0 Å². The van der Waals surface area contributed by atoms with Crippen molar-refractivity contribution < 1.29 is 13.2 Å². The quantitative estimate of drug-likeness (QED) is 0.573. The van der Waals surface area contributed by atoms with Crippen molar-refractivity contribution in [3.63, 3.8) is 0 Å². The molecule has 0 saturated carbocycles. The van der Waals surface area contributed by atoms with Crippen molar-refractivity contribution in [1.29, 1.82) is 0 Å². The molecule has 1 fully saturated rings. The number of amides is 1. The van der Waals surface area contributed by atoms with Crippen molar-refractivity contribution in [2.24, 2.45) is 0 Å². The molecule has 0 spiro atoms. The molecule has 1 aromatic heterocycles.